The third-order valence-corrected chi connectivity index (χ3v) is 3.22. The van der Waals surface area contributed by atoms with Gasteiger partial charge in [-0.25, -0.2) is 0 Å². The van der Waals surface area contributed by atoms with E-state index >= 15 is 0 Å². The molecule has 2 rings (SSSR count). The predicted molar refractivity (Wildman–Crippen MR) is 74.7 cm³/mol. The van der Waals surface area contributed by atoms with Crippen LogP contribution in [0.4, 0.5) is 5.69 Å². The maximum absolute atomic E-state index is 9.73. The smallest absolute Gasteiger partial charge is 0.160 e. The highest BCUT2D eigenvalue weighted by Gasteiger charge is 2.09. The van der Waals surface area contributed by atoms with Crippen LogP contribution in [0.2, 0.25) is 0 Å². The summed E-state index contributed by atoms with van der Waals surface area (Å²) in [4.78, 5) is 0. The second-order valence-corrected chi connectivity index (χ2v) is 4.53. The molecule has 2 aromatic rings. The van der Waals surface area contributed by atoms with Crippen LogP contribution >= 0.6 is 0 Å². The van der Waals surface area contributed by atoms with Gasteiger partial charge in [0.2, 0.25) is 0 Å². The van der Waals surface area contributed by atoms with E-state index in [1.54, 1.807) is 12.1 Å². The van der Waals surface area contributed by atoms with Crippen LogP contribution in [-0.4, -0.2) is 22.0 Å². The maximum atomic E-state index is 9.73. The fourth-order valence-corrected chi connectivity index (χ4v) is 2.07. The van der Waals surface area contributed by atoms with Crippen LogP contribution < -0.4 is 10.1 Å². The van der Waals surface area contributed by atoms with E-state index < -0.39 is 0 Å². The SMILES string of the molecule is COc1ccc(CNc2c(C)nn(C)c2C)cc1O. The number of aryl methyl sites for hydroxylation is 2. The molecule has 5 nitrogen and oxygen atoms in total. The molecule has 0 saturated carbocycles. The van der Waals surface area contributed by atoms with Crippen LogP contribution in [0.5, 0.6) is 11.5 Å². The number of anilines is 1. The molecule has 0 aliphatic heterocycles. The molecule has 0 aliphatic carbocycles. The Kier molecular flexibility index (Phi) is 3.64. The van der Waals surface area contributed by atoms with Crippen molar-refractivity contribution in [1.82, 2.24) is 9.78 Å². The van der Waals surface area contributed by atoms with Crippen molar-refractivity contribution in [2.75, 3.05) is 12.4 Å². The van der Waals surface area contributed by atoms with Crippen molar-refractivity contribution in [3.63, 3.8) is 0 Å². The second-order valence-electron chi connectivity index (χ2n) is 4.53. The average Bonchev–Trinajstić information content (AvgIpc) is 2.61. The first kappa shape index (κ1) is 13.3. The Morgan fingerprint density at radius 1 is 1.37 bits per heavy atom. The normalized spacial score (nSPS) is 10.5. The van der Waals surface area contributed by atoms with Crippen molar-refractivity contribution in [2.45, 2.75) is 20.4 Å². The summed E-state index contributed by atoms with van der Waals surface area (Å²) in [6, 6.07) is 5.38. The van der Waals surface area contributed by atoms with E-state index in [1.807, 2.05) is 31.6 Å². The number of phenols is 1. The van der Waals surface area contributed by atoms with E-state index in [4.69, 9.17) is 4.74 Å². The first-order valence-electron chi connectivity index (χ1n) is 6.13. The van der Waals surface area contributed by atoms with Crippen LogP contribution in [0.3, 0.4) is 0 Å². The number of hydrogen-bond acceptors (Lipinski definition) is 4. The van der Waals surface area contributed by atoms with Gasteiger partial charge in [-0.3, -0.25) is 4.68 Å². The van der Waals surface area contributed by atoms with Gasteiger partial charge >= 0.3 is 0 Å². The molecule has 0 saturated heterocycles. The molecule has 0 aliphatic rings. The molecule has 0 unspecified atom stereocenters. The highest BCUT2D eigenvalue weighted by Crippen LogP contribution is 2.27. The van der Waals surface area contributed by atoms with E-state index in [-0.39, 0.29) is 5.75 Å². The van der Waals surface area contributed by atoms with Crippen molar-refractivity contribution in [3.05, 3.63) is 35.2 Å². The molecule has 0 bridgehead atoms. The third kappa shape index (κ3) is 2.65. The lowest BCUT2D eigenvalue weighted by Gasteiger charge is -2.09. The number of hydrogen-bond donors (Lipinski definition) is 2. The van der Waals surface area contributed by atoms with Crippen LogP contribution in [0.25, 0.3) is 0 Å². The van der Waals surface area contributed by atoms with Gasteiger partial charge in [0, 0.05) is 13.6 Å². The molecule has 1 aromatic carbocycles. The number of rotatable bonds is 4. The van der Waals surface area contributed by atoms with E-state index in [0.29, 0.717) is 12.3 Å². The lowest BCUT2D eigenvalue weighted by atomic mass is 10.2. The van der Waals surface area contributed by atoms with Gasteiger partial charge in [-0.05, 0) is 31.5 Å². The molecule has 5 heteroatoms. The second kappa shape index (κ2) is 5.22. The summed E-state index contributed by atoms with van der Waals surface area (Å²) in [5.74, 6) is 0.638. The van der Waals surface area contributed by atoms with E-state index in [9.17, 15) is 5.11 Å². The summed E-state index contributed by atoms with van der Waals surface area (Å²) in [5.41, 5.74) is 4.09. The van der Waals surface area contributed by atoms with Crippen molar-refractivity contribution < 1.29 is 9.84 Å². The summed E-state index contributed by atoms with van der Waals surface area (Å²) in [6.45, 7) is 4.62. The lowest BCUT2D eigenvalue weighted by Crippen LogP contribution is -2.02. The Morgan fingerprint density at radius 2 is 2.11 bits per heavy atom. The van der Waals surface area contributed by atoms with Crippen LogP contribution in [0.1, 0.15) is 17.0 Å². The van der Waals surface area contributed by atoms with Gasteiger partial charge < -0.3 is 15.2 Å². The van der Waals surface area contributed by atoms with Crippen LogP contribution in [-0.2, 0) is 13.6 Å². The number of nitrogens with zero attached hydrogens (tertiary/aromatic N) is 2. The van der Waals surface area contributed by atoms with Crippen molar-refractivity contribution in [1.29, 1.82) is 0 Å². The monoisotopic (exact) mass is 261 g/mol. The lowest BCUT2D eigenvalue weighted by molar-refractivity contribution is 0.373. The van der Waals surface area contributed by atoms with Gasteiger partial charge in [-0.1, -0.05) is 6.07 Å². The van der Waals surface area contributed by atoms with Gasteiger partial charge in [0.1, 0.15) is 0 Å². The Balaban J connectivity index is 2.12. The minimum absolute atomic E-state index is 0.154. The quantitative estimate of drug-likeness (QED) is 0.887. The Labute approximate surface area is 112 Å². The van der Waals surface area contributed by atoms with Crippen molar-refractivity contribution >= 4 is 5.69 Å². The summed E-state index contributed by atoms with van der Waals surface area (Å²) in [6.07, 6.45) is 0. The standard InChI is InChI=1S/C14H19N3O2/c1-9-14(10(2)17(3)16-9)15-8-11-5-6-13(19-4)12(18)7-11/h5-7,15,18H,8H2,1-4H3. The zero-order chi connectivity index (χ0) is 14.0. The largest absolute Gasteiger partial charge is 0.504 e. The Bertz CT molecular complexity index is 591. The summed E-state index contributed by atoms with van der Waals surface area (Å²) in [7, 11) is 3.46. The summed E-state index contributed by atoms with van der Waals surface area (Å²) >= 11 is 0. The number of nitrogens with one attached hydrogen (secondary N) is 1. The topological polar surface area (TPSA) is 59.3 Å². The fourth-order valence-electron chi connectivity index (χ4n) is 2.07. The Hall–Kier alpha value is -2.17. The number of aromatic hydroxyl groups is 1. The molecule has 0 fully saturated rings. The minimum atomic E-state index is 0.154. The van der Waals surface area contributed by atoms with Gasteiger partial charge in [0.25, 0.3) is 0 Å². The first-order valence-corrected chi connectivity index (χ1v) is 6.13. The van der Waals surface area contributed by atoms with Crippen molar-refractivity contribution in [3.8, 4) is 11.5 Å². The zero-order valence-corrected chi connectivity index (χ0v) is 11.7. The van der Waals surface area contributed by atoms with Gasteiger partial charge in [-0.15, -0.1) is 0 Å². The van der Waals surface area contributed by atoms with Gasteiger partial charge in [0.05, 0.1) is 24.2 Å². The number of aromatic nitrogens is 2. The number of ether oxygens (including phenoxy) is 1. The molecule has 0 amide bonds. The molecular weight excluding hydrogens is 242 g/mol. The van der Waals surface area contributed by atoms with Gasteiger partial charge in [0.15, 0.2) is 11.5 Å². The van der Waals surface area contributed by atoms with E-state index in [0.717, 1.165) is 22.6 Å². The van der Waals surface area contributed by atoms with Crippen molar-refractivity contribution in [2.24, 2.45) is 7.05 Å². The summed E-state index contributed by atoms with van der Waals surface area (Å²) in [5, 5.41) is 17.4. The molecule has 2 N–H and O–H groups in total. The molecule has 0 atom stereocenters. The highest BCUT2D eigenvalue weighted by molar-refractivity contribution is 5.52. The number of methoxy groups -OCH3 is 1. The third-order valence-electron chi connectivity index (χ3n) is 3.22. The number of benzene rings is 1. The van der Waals surface area contributed by atoms with E-state index in [2.05, 4.69) is 10.4 Å². The van der Waals surface area contributed by atoms with E-state index in [1.165, 1.54) is 7.11 Å². The molecular formula is C14H19N3O2. The molecule has 0 radical (unpaired) electrons. The minimum Gasteiger partial charge on any atom is -0.504 e. The maximum Gasteiger partial charge on any atom is 0.160 e. The predicted octanol–water partition coefficient (Wildman–Crippen LogP) is 2.36. The number of phenolic OH excluding ortho intramolecular Hbond substituents is 1. The summed E-state index contributed by atoms with van der Waals surface area (Å²) < 4.78 is 6.87. The van der Waals surface area contributed by atoms with Crippen LogP contribution in [0.15, 0.2) is 18.2 Å². The van der Waals surface area contributed by atoms with Gasteiger partial charge in [-0.2, -0.15) is 5.10 Å². The first-order chi connectivity index (χ1) is 9.02. The molecule has 19 heavy (non-hydrogen) atoms. The highest BCUT2D eigenvalue weighted by atomic mass is 16.5. The molecule has 1 heterocycles. The van der Waals surface area contributed by atoms with Crippen LogP contribution in [0, 0.1) is 13.8 Å². The molecule has 1 aromatic heterocycles. The molecule has 102 valence electrons. The average molecular weight is 261 g/mol. The zero-order valence-electron chi connectivity index (χ0n) is 11.7. The Morgan fingerprint density at radius 3 is 2.63 bits per heavy atom. The fraction of sp³-hybridized carbons (Fsp3) is 0.357. The molecule has 0 spiro atoms.